The van der Waals surface area contributed by atoms with Crippen molar-refractivity contribution in [1.29, 1.82) is 0 Å². The summed E-state index contributed by atoms with van der Waals surface area (Å²) in [6, 6.07) is 0.295. The summed E-state index contributed by atoms with van der Waals surface area (Å²) in [5, 5.41) is 21.6. The largest absolute Gasteiger partial charge is 0.395 e. The van der Waals surface area contributed by atoms with E-state index in [2.05, 4.69) is 5.32 Å². The molecule has 3 nitrogen and oxygen atoms in total. The van der Waals surface area contributed by atoms with Crippen LogP contribution in [0.15, 0.2) is 0 Å². The molecule has 3 atom stereocenters. The van der Waals surface area contributed by atoms with Crippen LogP contribution in [0.3, 0.4) is 0 Å². The van der Waals surface area contributed by atoms with Gasteiger partial charge in [-0.3, -0.25) is 0 Å². The van der Waals surface area contributed by atoms with Gasteiger partial charge >= 0.3 is 0 Å². The number of aliphatic hydroxyl groups is 2. The van der Waals surface area contributed by atoms with E-state index < -0.39 is 0 Å². The number of hydrogen-bond donors (Lipinski definition) is 3. The van der Waals surface area contributed by atoms with Crippen molar-refractivity contribution in [3.05, 3.63) is 0 Å². The summed E-state index contributed by atoms with van der Waals surface area (Å²) in [7, 11) is 0. The van der Waals surface area contributed by atoms with Crippen LogP contribution in [0.25, 0.3) is 0 Å². The van der Waals surface area contributed by atoms with E-state index >= 15 is 0 Å². The van der Waals surface area contributed by atoms with Crippen LogP contribution in [-0.2, 0) is 0 Å². The molecule has 0 heterocycles. The van der Waals surface area contributed by atoms with Gasteiger partial charge in [0.05, 0.1) is 12.7 Å². The molecule has 0 radical (unpaired) electrons. The van der Waals surface area contributed by atoms with Gasteiger partial charge in [-0.2, -0.15) is 0 Å². The van der Waals surface area contributed by atoms with Gasteiger partial charge in [-0.15, -0.1) is 0 Å². The lowest BCUT2D eigenvalue weighted by atomic mass is 9.92. The molecule has 3 heteroatoms. The first-order valence-corrected chi connectivity index (χ1v) is 4.79. The van der Waals surface area contributed by atoms with Crippen molar-refractivity contribution >= 4 is 0 Å². The molecule has 1 rings (SSSR count). The van der Waals surface area contributed by atoms with Gasteiger partial charge in [-0.25, -0.2) is 0 Å². The first kappa shape index (κ1) is 9.96. The van der Waals surface area contributed by atoms with E-state index in [-0.39, 0.29) is 24.8 Å². The van der Waals surface area contributed by atoms with Crippen LogP contribution >= 0.6 is 0 Å². The normalized spacial score (nSPS) is 33.2. The highest BCUT2D eigenvalue weighted by Gasteiger charge is 2.23. The third-order valence-corrected chi connectivity index (χ3v) is 2.50. The molecule has 72 valence electrons. The lowest BCUT2D eigenvalue weighted by molar-refractivity contribution is 0.0803. The molecule has 0 bridgehead atoms. The van der Waals surface area contributed by atoms with E-state index in [4.69, 9.17) is 5.11 Å². The predicted octanol–water partition coefficient (Wildman–Crippen LogP) is 0.260. The van der Waals surface area contributed by atoms with Gasteiger partial charge in [0.2, 0.25) is 0 Å². The highest BCUT2D eigenvalue weighted by Crippen LogP contribution is 2.18. The van der Waals surface area contributed by atoms with Crippen molar-refractivity contribution < 1.29 is 10.2 Å². The zero-order valence-electron chi connectivity index (χ0n) is 7.66. The van der Waals surface area contributed by atoms with Crippen LogP contribution in [0.1, 0.15) is 32.6 Å². The van der Waals surface area contributed by atoms with Crippen LogP contribution in [0, 0.1) is 0 Å². The zero-order valence-corrected chi connectivity index (χ0v) is 7.66. The quantitative estimate of drug-likeness (QED) is 0.574. The minimum absolute atomic E-state index is 0.0998. The molecule has 1 aliphatic carbocycles. The zero-order chi connectivity index (χ0) is 8.97. The summed E-state index contributed by atoms with van der Waals surface area (Å²) in [5.74, 6) is 0. The first-order valence-electron chi connectivity index (χ1n) is 4.79. The van der Waals surface area contributed by atoms with Gasteiger partial charge in [0, 0.05) is 12.1 Å². The number of rotatable bonds is 3. The van der Waals surface area contributed by atoms with Crippen LogP contribution in [0.2, 0.25) is 0 Å². The summed E-state index contributed by atoms with van der Waals surface area (Å²) < 4.78 is 0. The first-order chi connectivity index (χ1) is 5.74. The predicted molar refractivity (Wildman–Crippen MR) is 47.9 cm³/mol. The Kier molecular flexibility index (Phi) is 3.98. The van der Waals surface area contributed by atoms with E-state index in [1.807, 2.05) is 6.92 Å². The molecule has 0 aromatic carbocycles. The Morgan fingerprint density at radius 1 is 1.42 bits per heavy atom. The highest BCUT2D eigenvalue weighted by molar-refractivity contribution is 4.82. The molecule has 3 N–H and O–H groups in total. The van der Waals surface area contributed by atoms with Crippen LogP contribution in [0.4, 0.5) is 0 Å². The monoisotopic (exact) mass is 173 g/mol. The molecule has 0 aliphatic heterocycles. The summed E-state index contributed by atoms with van der Waals surface area (Å²) in [4.78, 5) is 0. The van der Waals surface area contributed by atoms with Crippen molar-refractivity contribution in [1.82, 2.24) is 5.32 Å². The molecule has 12 heavy (non-hydrogen) atoms. The van der Waals surface area contributed by atoms with Crippen molar-refractivity contribution in [3.63, 3.8) is 0 Å². The average Bonchev–Trinajstić information content (AvgIpc) is 2.09. The fourth-order valence-electron chi connectivity index (χ4n) is 1.72. The Morgan fingerprint density at radius 2 is 2.08 bits per heavy atom. The Labute approximate surface area is 73.8 Å². The molecule has 0 aromatic heterocycles. The maximum atomic E-state index is 9.57. The van der Waals surface area contributed by atoms with Crippen LogP contribution in [-0.4, -0.2) is 35.0 Å². The fourth-order valence-corrected chi connectivity index (χ4v) is 1.72. The molecule has 0 aromatic rings. The number of aliphatic hydroxyl groups excluding tert-OH is 2. The molecule has 1 unspecified atom stereocenters. The molecule has 1 aliphatic rings. The van der Waals surface area contributed by atoms with Gasteiger partial charge in [-0.1, -0.05) is 12.8 Å². The van der Waals surface area contributed by atoms with Crippen LogP contribution in [0.5, 0.6) is 0 Å². The Hall–Kier alpha value is -0.120. The molecule has 1 fully saturated rings. The minimum atomic E-state index is -0.215. The van der Waals surface area contributed by atoms with Gasteiger partial charge < -0.3 is 15.5 Å². The molecule has 0 spiro atoms. The molecular formula is C9H19NO2. The Morgan fingerprint density at radius 3 is 2.67 bits per heavy atom. The van der Waals surface area contributed by atoms with Gasteiger partial charge in [0.1, 0.15) is 0 Å². The average molecular weight is 173 g/mol. The fraction of sp³-hybridized carbons (Fsp3) is 1.00. The van der Waals surface area contributed by atoms with Crippen molar-refractivity contribution in [2.75, 3.05) is 6.61 Å². The molecule has 1 saturated carbocycles. The smallest absolute Gasteiger partial charge is 0.0693 e. The topological polar surface area (TPSA) is 52.5 Å². The van der Waals surface area contributed by atoms with Gasteiger partial charge in [0.25, 0.3) is 0 Å². The summed E-state index contributed by atoms with van der Waals surface area (Å²) in [6.45, 7) is 2.07. The molecule has 0 saturated heterocycles. The third kappa shape index (κ3) is 2.73. The molecule has 0 amide bonds. The maximum absolute atomic E-state index is 9.57. The van der Waals surface area contributed by atoms with E-state index in [1.54, 1.807) is 0 Å². The van der Waals surface area contributed by atoms with Gasteiger partial charge in [-0.05, 0) is 19.8 Å². The molecular weight excluding hydrogens is 154 g/mol. The van der Waals surface area contributed by atoms with Crippen molar-refractivity contribution in [2.45, 2.75) is 50.8 Å². The SMILES string of the molecule is CC(CO)N[C@@H]1CCCC[C@H]1O. The summed E-state index contributed by atoms with van der Waals surface area (Å²) in [5.41, 5.74) is 0. The second-order valence-electron chi connectivity index (χ2n) is 3.71. The summed E-state index contributed by atoms with van der Waals surface area (Å²) >= 11 is 0. The summed E-state index contributed by atoms with van der Waals surface area (Å²) in [6.07, 6.45) is 4.04. The van der Waals surface area contributed by atoms with Crippen LogP contribution < -0.4 is 5.32 Å². The van der Waals surface area contributed by atoms with Crippen molar-refractivity contribution in [2.24, 2.45) is 0 Å². The standard InChI is InChI=1S/C9H19NO2/c1-7(6-11)10-8-4-2-3-5-9(8)12/h7-12H,2-6H2,1H3/t7?,8-,9-/m1/s1. The lowest BCUT2D eigenvalue weighted by Gasteiger charge is -2.30. The van der Waals surface area contributed by atoms with E-state index in [0.29, 0.717) is 0 Å². The van der Waals surface area contributed by atoms with E-state index in [9.17, 15) is 5.11 Å². The third-order valence-electron chi connectivity index (χ3n) is 2.50. The van der Waals surface area contributed by atoms with Gasteiger partial charge in [0.15, 0.2) is 0 Å². The Balaban J connectivity index is 2.28. The second-order valence-corrected chi connectivity index (χ2v) is 3.71. The second kappa shape index (κ2) is 4.80. The maximum Gasteiger partial charge on any atom is 0.0693 e. The van der Waals surface area contributed by atoms with E-state index in [1.165, 1.54) is 6.42 Å². The number of hydrogen-bond acceptors (Lipinski definition) is 3. The highest BCUT2D eigenvalue weighted by atomic mass is 16.3. The minimum Gasteiger partial charge on any atom is -0.395 e. The van der Waals surface area contributed by atoms with Crippen molar-refractivity contribution in [3.8, 4) is 0 Å². The lowest BCUT2D eigenvalue weighted by Crippen LogP contribution is -2.47. The number of nitrogens with one attached hydrogen (secondary N) is 1. The van der Waals surface area contributed by atoms with E-state index in [0.717, 1.165) is 19.3 Å². The Bertz CT molecular complexity index is 130.